The number of aliphatic hydroxyl groups is 1. The smallest absolute Gasteiger partial charge is 0.333 e. The predicted octanol–water partition coefficient (Wildman–Crippen LogP) is 5.49. The van der Waals surface area contributed by atoms with Crippen molar-refractivity contribution in [2.24, 2.45) is 5.73 Å². The Labute approximate surface area is 284 Å². The van der Waals surface area contributed by atoms with E-state index >= 15 is 0 Å². The summed E-state index contributed by atoms with van der Waals surface area (Å²) in [6.45, 7) is 6.76. The molecule has 0 aromatic rings. The summed E-state index contributed by atoms with van der Waals surface area (Å²) in [5.41, 5.74) is 4.87. The molecule has 0 aliphatic rings. The summed E-state index contributed by atoms with van der Waals surface area (Å²) in [5, 5.41) is 17.3. The lowest BCUT2D eigenvalue weighted by Gasteiger charge is -2.27. The summed E-state index contributed by atoms with van der Waals surface area (Å²) >= 11 is 0. The molecule has 0 unspecified atom stereocenters. The van der Waals surface area contributed by atoms with Gasteiger partial charge in [-0.05, 0) is 33.6 Å². The number of nitrogens with one attached hydrogen (secondary N) is 3. The molecule has 2 atom stereocenters. The highest BCUT2D eigenvalue weighted by atomic mass is 16.6. The second-order valence-electron chi connectivity index (χ2n) is 13.9. The minimum absolute atomic E-state index is 0.188. The summed E-state index contributed by atoms with van der Waals surface area (Å²) < 4.78 is 4.71. The van der Waals surface area contributed by atoms with Crippen LogP contribution in [0.15, 0.2) is 0 Å². The van der Waals surface area contributed by atoms with E-state index in [1.54, 1.807) is 0 Å². The molecular weight excluding hydrogens is 600 g/mol. The Morgan fingerprint density at radius 1 is 0.660 bits per heavy atom. The standard InChI is InChI=1S/C36H68N4O7/c1-5-6-7-8-9-10-11-12-13-14-15-16-17-18-19-20-21-22-23-24-31(42)38-27-33(44)47-32(43)26-25-29(34(37)45)39-35(46)30(28-41)40-36(2,3)4/h29-30,40-41H,5-28H2,1-4H3,(H2,37,45)(H,38,42)(H,39,46)/t29-,30+/m1/s1. The van der Waals surface area contributed by atoms with Gasteiger partial charge in [0.2, 0.25) is 17.7 Å². The lowest BCUT2D eigenvalue weighted by Crippen LogP contribution is -2.57. The van der Waals surface area contributed by atoms with Crippen LogP contribution in [0.2, 0.25) is 0 Å². The lowest BCUT2D eigenvalue weighted by atomic mass is 10.0. The summed E-state index contributed by atoms with van der Waals surface area (Å²) in [4.78, 5) is 60.3. The Bertz CT molecular complexity index is 876. The number of unbranched alkanes of at least 4 members (excludes halogenated alkanes) is 18. The molecule has 0 aliphatic heterocycles. The predicted molar refractivity (Wildman–Crippen MR) is 186 cm³/mol. The molecule has 0 aliphatic carbocycles. The number of primary amides is 1. The first-order chi connectivity index (χ1) is 22.4. The summed E-state index contributed by atoms with van der Waals surface area (Å²) in [6, 6.07) is -2.17. The Morgan fingerprint density at radius 2 is 1.11 bits per heavy atom. The van der Waals surface area contributed by atoms with Crippen molar-refractivity contribution in [2.45, 2.75) is 187 Å². The average molecular weight is 669 g/mol. The lowest BCUT2D eigenvalue weighted by molar-refractivity contribution is -0.159. The van der Waals surface area contributed by atoms with Gasteiger partial charge in [-0.3, -0.25) is 24.5 Å². The molecule has 0 rings (SSSR count). The van der Waals surface area contributed by atoms with E-state index in [0.717, 1.165) is 19.3 Å². The highest BCUT2D eigenvalue weighted by molar-refractivity contribution is 5.91. The zero-order valence-corrected chi connectivity index (χ0v) is 30.1. The van der Waals surface area contributed by atoms with Crippen molar-refractivity contribution >= 4 is 29.7 Å². The monoisotopic (exact) mass is 669 g/mol. The largest absolute Gasteiger partial charge is 0.394 e. The zero-order valence-electron chi connectivity index (χ0n) is 30.1. The maximum absolute atomic E-state index is 12.4. The quantitative estimate of drug-likeness (QED) is 0.0379. The second kappa shape index (κ2) is 28.5. The second-order valence-corrected chi connectivity index (χ2v) is 13.9. The SMILES string of the molecule is CCCCCCCCCCCCCCCCCCCCCC(=O)NCC(=O)OC(=O)CC[C@@H](NC(=O)[C@H](CO)NC(C)(C)C)C(N)=O. The molecule has 11 heteroatoms. The number of esters is 2. The van der Waals surface area contributed by atoms with Gasteiger partial charge in [-0.15, -0.1) is 0 Å². The maximum atomic E-state index is 12.4. The Balaban J connectivity index is 3.83. The van der Waals surface area contributed by atoms with E-state index in [1.165, 1.54) is 103 Å². The van der Waals surface area contributed by atoms with Gasteiger partial charge in [-0.25, -0.2) is 4.79 Å². The number of rotatable bonds is 30. The van der Waals surface area contributed by atoms with Gasteiger partial charge in [0.05, 0.1) is 6.61 Å². The first-order valence-electron chi connectivity index (χ1n) is 18.4. The van der Waals surface area contributed by atoms with E-state index < -0.39 is 54.5 Å². The third-order valence-corrected chi connectivity index (χ3v) is 8.07. The summed E-state index contributed by atoms with van der Waals surface area (Å²) in [6.07, 6.45) is 24.1. The zero-order chi connectivity index (χ0) is 35.3. The number of hydrogen-bond acceptors (Lipinski definition) is 8. The summed E-state index contributed by atoms with van der Waals surface area (Å²) in [5.74, 6) is -3.61. The van der Waals surface area contributed by atoms with Gasteiger partial charge in [-0.2, -0.15) is 0 Å². The fourth-order valence-electron chi connectivity index (χ4n) is 5.37. The van der Waals surface area contributed by atoms with Crippen LogP contribution in [-0.4, -0.2) is 65.5 Å². The molecule has 274 valence electrons. The van der Waals surface area contributed by atoms with Crippen molar-refractivity contribution in [1.82, 2.24) is 16.0 Å². The minimum atomic E-state index is -1.19. The van der Waals surface area contributed by atoms with E-state index in [0.29, 0.717) is 6.42 Å². The van der Waals surface area contributed by atoms with Gasteiger partial charge < -0.3 is 26.2 Å². The first-order valence-corrected chi connectivity index (χ1v) is 18.4. The minimum Gasteiger partial charge on any atom is -0.394 e. The van der Waals surface area contributed by atoms with Crippen molar-refractivity contribution in [2.75, 3.05) is 13.2 Å². The number of amides is 3. The molecular formula is C36H68N4O7. The molecule has 0 heterocycles. The van der Waals surface area contributed by atoms with E-state index in [9.17, 15) is 29.1 Å². The van der Waals surface area contributed by atoms with Gasteiger partial charge in [0.15, 0.2) is 0 Å². The van der Waals surface area contributed by atoms with Gasteiger partial charge in [0.25, 0.3) is 0 Å². The van der Waals surface area contributed by atoms with Crippen LogP contribution in [0.3, 0.4) is 0 Å². The molecule has 0 bridgehead atoms. The highest BCUT2D eigenvalue weighted by Crippen LogP contribution is 2.15. The van der Waals surface area contributed by atoms with Crippen LogP contribution in [0.5, 0.6) is 0 Å². The van der Waals surface area contributed by atoms with Crippen LogP contribution >= 0.6 is 0 Å². The molecule has 0 saturated carbocycles. The molecule has 0 saturated heterocycles. The van der Waals surface area contributed by atoms with E-state index in [4.69, 9.17) is 10.5 Å². The van der Waals surface area contributed by atoms with Crippen molar-refractivity contribution in [3.8, 4) is 0 Å². The van der Waals surface area contributed by atoms with Crippen LogP contribution in [0.4, 0.5) is 0 Å². The van der Waals surface area contributed by atoms with Crippen molar-refractivity contribution in [3.63, 3.8) is 0 Å². The Morgan fingerprint density at radius 3 is 1.51 bits per heavy atom. The number of aliphatic hydroxyl groups excluding tert-OH is 1. The molecule has 0 fully saturated rings. The van der Waals surface area contributed by atoms with Gasteiger partial charge >= 0.3 is 11.9 Å². The molecule has 47 heavy (non-hydrogen) atoms. The fourth-order valence-corrected chi connectivity index (χ4v) is 5.37. The van der Waals surface area contributed by atoms with Crippen LogP contribution < -0.4 is 21.7 Å². The van der Waals surface area contributed by atoms with Crippen LogP contribution in [0.25, 0.3) is 0 Å². The topological polar surface area (TPSA) is 177 Å². The van der Waals surface area contributed by atoms with Gasteiger partial charge in [0, 0.05) is 18.4 Å². The van der Waals surface area contributed by atoms with Crippen molar-refractivity contribution in [3.05, 3.63) is 0 Å². The molecule has 11 nitrogen and oxygen atoms in total. The number of carbonyl (C=O) groups excluding carboxylic acids is 5. The number of ether oxygens (including phenoxy) is 1. The van der Waals surface area contributed by atoms with Crippen LogP contribution in [0.1, 0.15) is 169 Å². The Kier molecular flexibility index (Phi) is 26.9. The normalized spacial score (nSPS) is 12.7. The number of hydrogen-bond donors (Lipinski definition) is 5. The van der Waals surface area contributed by atoms with E-state index in [2.05, 4.69) is 22.9 Å². The molecule has 0 spiro atoms. The molecule has 0 aromatic carbocycles. The van der Waals surface area contributed by atoms with Crippen molar-refractivity contribution in [1.29, 1.82) is 0 Å². The summed E-state index contributed by atoms with van der Waals surface area (Å²) in [7, 11) is 0. The first kappa shape index (κ1) is 44.5. The Hall–Kier alpha value is -2.53. The van der Waals surface area contributed by atoms with E-state index in [1.807, 2.05) is 20.8 Å². The van der Waals surface area contributed by atoms with Crippen LogP contribution in [0, 0.1) is 0 Å². The average Bonchev–Trinajstić information content (AvgIpc) is 3.01. The van der Waals surface area contributed by atoms with Gasteiger partial charge in [0.1, 0.15) is 18.6 Å². The highest BCUT2D eigenvalue weighted by Gasteiger charge is 2.27. The molecule has 3 amide bonds. The van der Waals surface area contributed by atoms with Crippen molar-refractivity contribution < 1.29 is 33.8 Å². The number of nitrogens with two attached hydrogens (primary N) is 1. The fraction of sp³-hybridized carbons (Fsp3) is 0.861. The molecule has 6 N–H and O–H groups in total. The molecule has 0 aromatic heterocycles. The third-order valence-electron chi connectivity index (χ3n) is 8.07. The number of carbonyl (C=O) groups is 5. The molecule has 0 radical (unpaired) electrons. The van der Waals surface area contributed by atoms with Crippen LogP contribution in [-0.2, 0) is 28.7 Å². The van der Waals surface area contributed by atoms with E-state index in [-0.39, 0.29) is 18.7 Å². The van der Waals surface area contributed by atoms with Gasteiger partial charge in [-0.1, -0.05) is 122 Å². The maximum Gasteiger partial charge on any atom is 0.333 e. The third kappa shape index (κ3) is 28.2.